The molecule has 2 rings (SSSR count). The zero-order valence-electron chi connectivity index (χ0n) is 10.8. The lowest BCUT2D eigenvalue weighted by Crippen LogP contribution is -2.11. The molecule has 5 heteroatoms. The van der Waals surface area contributed by atoms with Gasteiger partial charge in [0.1, 0.15) is 5.82 Å². The normalized spacial score (nSPS) is 12.2. The van der Waals surface area contributed by atoms with Crippen molar-refractivity contribution in [2.45, 2.75) is 19.4 Å². The second-order valence-corrected chi connectivity index (χ2v) is 5.25. The van der Waals surface area contributed by atoms with E-state index in [1.807, 2.05) is 19.1 Å². The molecule has 2 aromatic carbocycles. The Kier molecular flexibility index (Phi) is 4.84. The first kappa shape index (κ1) is 15.1. The van der Waals surface area contributed by atoms with Gasteiger partial charge in [-0.05, 0) is 30.2 Å². The summed E-state index contributed by atoms with van der Waals surface area (Å²) >= 11 is 11.8. The van der Waals surface area contributed by atoms with Crippen LogP contribution < -0.4 is 5.32 Å². The quantitative estimate of drug-likeness (QED) is 0.748. The first-order valence-electron chi connectivity index (χ1n) is 6.17. The Morgan fingerprint density at radius 2 is 1.90 bits per heavy atom. The fraction of sp³-hybridized carbons (Fsp3) is 0.200. The number of rotatable bonds is 4. The fourth-order valence-corrected chi connectivity index (χ4v) is 2.45. The molecular weight excluding hydrogens is 303 g/mol. The van der Waals surface area contributed by atoms with Crippen molar-refractivity contribution in [1.82, 2.24) is 0 Å². The molecule has 0 aromatic heterocycles. The van der Waals surface area contributed by atoms with E-state index in [1.165, 1.54) is 0 Å². The van der Waals surface area contributed by atoms with Crippen molar-refractivity contribution in [2.75, 3.05) is 5.32 Å². The van der Waals surface area contributed by atoms with Gasteiger partial charge in [-0.2, -0.15) is 0 Å². The van der Waals surface area contributed by atoms with Gasteiger partial charge in [0.15, 0.2) is 5.82 Å². The Labute approximate surface area is 126 Å². The van der Waals surface area contributed by atoms with E-state index >= 15 is 0 Å². The average molecular weight is 316 g/mol. The van der Waals surface area contributed by atoms with Crippen LogP contribution in [-0.4, -0.2) is 0 Å². The zero-order valence-corrected chi connectivity index (χ0v) is 12.3. The van der Waals surface area contributed by atoms with Gasteiger partial charge in [-0.1, -0.05) is 42.3 Å². The first-order valence-corrected chi connectivity index (χ1v) is 6.93. The molecule has 0 aliphatic carbocycles. The Morgan fingerprint density at radius 1 is 1.15 bits per heavy atom. The minimum atomic E-state index is -0.713. The van der Waals surface area contributed by atoms with Crippen LogP contribution in [0.2, 0.25) is 10.0 Å². The summed E-state index contributed by atoms with van der Waals surface area (Å²) in [6.45, 7) is 1.95. The van der Waals surface area contributed by atoms with Gasteiger partial charge < -0.3 is 5.32 Å². The number of hydrogen-bond donors (Lipinski definition) is 1. The molecule has 1 atom stereocenters. The lowest BCUT2D eigenvalue weighted by Gasteiger charge is -2.20. The van der Waals surface area contributed by atoms with Crippen LogP contribution in [0.15, 0.2) is 36.4 Å². The molecule has 1 unspecified atom stereocenters. The molecule has 20 heavy (non-hydrogen) atoms. The van der Waals surface area contributed by atoms with Crippen LogP contribution in [0.4, 0.5) is 14.5 Å². The first-order chi connectivity index (χ1) is 9.51. The van der Waals surface area contributed by atoms with Crippen molar-refractivity contribution in [1.29, 1.82) is 0 Å². The van der Waals surface area contributed by atoms with Gasteiger partial charge in [0, 0.05) is 11.1 Å². The molecule has 106 valence electrons. The van der Waals surface area contributed by atoms with Gasteiger partial charge >= 0.3 is 0 Å². The number of halogens is 4. The lowest BCUT2D eigenvalue weighted by molar-refractivity contribution is 0.582. The maximum atomic E-state index is 13.8. The summed E-state index contributed by atoms with van der Waals surface area (Å²) < 4.78 is 26.8. The lowest BCUT2D eigenvalue weighted by atomic mass is 10.0. The number of nitrogens with one attached hydrogen (secondary N) is 1. The van der Waals surface area contributed by atoms with E-state index in [2.05, 4.69) is 5.32 Å². The van der Waals surface area contributed by atoms with Gasteiger partial charge in [0.25, 0.3) is 0 Å². The number of anilines is 1. The van der Waals surface area contributed by atoms with E-state index in [-0.39, 0.29) is 16.8 Å². The largest absolute Gasteiger partial charge is 0.375 e. The molecule has 0 fully saturated rings. The van der Waals surface area contributed by atoms with Crippen LogP contribution in [0.1, 0.15) is 24.9 Å². The van der Waals surface area contributed by atoms with Crippen LogP contribution >= 0.6 is 23.2 Å². The van der Waals surface area contributed by atoms with E-state index in [4.69, 9.17) is 23.2 Å². The molecular formula is C15H13Cl2F2N. The van der Waals surface area contributed by atoms with Crippen molar-refractivity contribution in [3.63, 3.8) is 0 Å². The minimum absolute atomic E-state index is 0.0166. The van der Waals surface area contributed by atoms with Gasteiger partial charge in [-0.3, -0.25) is 0 Å². The monoisotopic (exact) mass is 315 g/mol. The third-order valence-corrected chi connectivity index (χ3v) is 3.52. The van der Waals surface area contributed by atoms with Crippen LogP contribution in [0.25, 0.3) is 0 Å². The van der Waals surface area contributed by atoms with Crippen molar-refractivity contribution >= 4 is 28.9 Å². The Hall–Kier alpha value is -1.32. The van der Waals surface area contributed by atoms with Crippen molar-refractivity contribution in [3.8, 4) is 0 Å². The van der Waals surface area contributed by atoms with Gasteiger partial charge in [-0.25, -0.2) is 8.78 Å². The predicted octanol–water partition coefficient (Wildman–Crippen LogP) is 5.83. The Morgan fingerprint density at radius 3 is 2.50 bits per heavy atom. The maximum Gasteiger partial charge on any atom is 0.150 e. The summed E-state index contributed by atoms with van der Waals surface area (Å²) in [5.74, 6) is -1.41. The van der Waals surface area contributed by atoms with Gasteiger partial charge in [0.2, 0.25) is 0 Å². The van der Waals surface area contributed by atoms with E-state index in [1.54, 1.807) is 12.1 Å². The topological polar surface area (TPSA) is 12.0 Å². The molecule has 0 radical (unpaired) electrons. The summed E-state index contributed by atoms with van der Waals surface area (Å²) in [6, 6.07) is 9.01. The molecule has 0 heterocycles. The van der Waals surface area contributed by atoms with E-state index in [0.717, 1.165) is 17.7 Å². The molecule has 1 N–H and O–H groups in total. The summed E-state index contributed by atoms with van der Waals surface area (Å²) in [5.41, 5.74) is 1.01. The fourth-order valence-electron chi connectivity index (χ4n) is 2.00. The van der Waals surface area contributed by atoms with Gasteiger partial charge in [-0.15, -0.1) is 0 Å². The molecule has 0 saturated carbocycles. The molecule has 2 aromatic rings. The highest BCUT2D eigenvalue weighted by atomic mass is 35.5. The zero-order chi connectivity index (χ0) is 14.7. The van der Waals surface area contributed by atoms with E-state index in [0.29, 0.717) is 11.4 Å². The molecule has 0 aliphatic heterocycles. The summed E-state index contributed by atoms with van der Waals surface area (Å²) in [4.78, 5) is 0. The highest BCUT2D eigenvalue weighted by Crippen LogP contribution is 2.31. The Bertz CT molecular complexity index is 594. The average Bonchev–Trinajstić information content (AvgIpc) is 2.38. The Balaban J connectivity index is 2.32. The van der Waals surface area contributed by atoms with Crippen molar-refractivity contribution < 1.29 is 8.78 Å². The van der Waals surface area contributed by atoms with Crippen LogP contribution in [0.3, 0.4) is 0 Å². The standard InChI is InChI=1S/C15H13Cl2F2N/c1-2-14(9-4-3-5-10(16)6-9)20-15-12(17)7-11(18)8-13(15)19/h3-8,14,20H,2H2,1H3. The summed E-state index contributed by atoms with van der Waals surface area (Å²) in [6.07, 6.45) is 0.702. The van der Waals surface area contributed by atoms with Crippen molar-refractivity contribution in [2.24, 2.45) is 0 Å². The molecule has 0 amide bonds. The van der Waals surface area contributed by atoms with Crippen molar-refractivity contribution in [3.05, 3.63) is 63.6 Å². The van der Waals surface area contributed by atoms with Crippen LogP contribution in [0, 0.1) is 11.6 Å². The van der Waals surface area contributed by atoms with Crippen LogP contribution in [0.5, 0.6) is 0 Å². The maximum absolute atomic E-state index is 13.8. The highest BCUT2D eigenvalue weighted by molar-refractivity contribution is 6.33. The highest BCUT2D eigenvalue weighted by Gasteiger charge is 2.15. The third kappa shape index (κ3) is 3.41. The molecule has 0 bridgehead atoms. The predicted molar refractivity (Wildman–Crippen MR) is 79.5 cm³/mol. The van der Waals surface area contributed by atoms with Crippen LogP contribution in [-0.2, 0) is 0 Å². The SMILES string of the molecule is CCC(Nc1c(F)cc(F)cc1Cl)c1cccc(Cl)c1. The third-order valence-electron chi connectivity index (χ3n) is 2.98. The molecule has 0 saturated heterocycles. The smallest absolute Gasteiger partial charge is 0.150 e. The second kappa shape index (κ2) is 6.42. The van der Waals surface area contributed by atoms with E-state index in [9.17, 15) is 8.78 Å². The molecule has 0 aliphatic rings. The minimum Gasteiger partial charge on any atom is -0.375 e. The summed E-state index contributed by atoms with van der Waals surface area (Å²) in [7, 11) is 0. The molecule has 0 spiro atoms. The summed E-state index contributed by atoms with van der Waals surface area (Å²) in [5, 5.41) is 3.63. The second-order valence-electron chi connectivity index (χ2n) is 4.40. The van der Waals surface area contributed by atoms with E-state index < -0.39 is 11.6 Å². The van der Waals surface area contributed by atoms with Gasteiger partial charge in [0.05, 0.1) is 16.8 Å². The molecule has 1 nitrogen and oxygen atoms in total. The number of hydrogen-bond acceptors (Lipinski definition) is 1. The number of benzene rings is 2.